The summed E-state index contributed by atoms with van der Waals surface area (Å²) in [7, 11) is 0. The molecule has 0 aromatic rings. The molecule has 0 unspecified atom stereocenters. The Kier molecular flexibility index (Phi) is 35.2. The van der Waals surface area contributed by atoms with E-state index in [9.17, 15) is 101 Å². The summed E-state index contributed by atoms with van der Waals surface area (Å²) < 4.78 is 58.9. The van der Waals surface area contributed by atoms with Crippen molar-refractivity contribution in [2.45, 2.75) is 275 Å². The van der Waals surface area contributed by atoms with E-state index in [2.05, 4.69) is 17.6 Å². The second kappa shape index (κ2) is 39.1. The smallest absolute Gasteiger partial charge is 0.364 e. The molecule has 5 heterocycles. The fourth-order valence-corrected chi connectivity index (χ4v) is 11.3. The van der Waals surface area contributed by atoms with Crippen LogP contribution in [0.25, 0.3) is 0 Å². The number of aliphatic carboxylic acids is 1. The molecule has 513 valence electrons. The average molecular weight is 1320 g/mol. The molecule has 0 aliphatic carbocycles. The minimum atomic E-state index is -3.36. The van der Waals surface area contributed by atoms with Crippen LogP contribution in [0.1, 0.15) is 104 Å². The van der Waals surface area contributed by atoms with Crippen molar-refractivity contribution in [2.75, 3.05) is 39.6 Å². The van der Waals surface area contributed by atoms with E-state index in [1.54, 1.807) is 6.08 Å². The minimum absolute atomic E-state index is 0. The Morgan fingerprint density at radius 3 is 1.63 bits per heavy atom. The molecule has 5 saturated heterocycles. The molecule has 5 rings (SSSR count). The summed E-state index contributed by atoms with van der Waals surface area (Å²) in [5.41, 5.74) is 6.20. The number of hydrogen-bond donors (Lipinski definition) is 20. The number of carbonyl (C=O) groups excluding carboxylic acids is 2. The van der Waals surface area contributed by atoms with E-state index in [1.807, 2.05) is 0 Å². The number of nitrogens with one attached hydrogen (secondary N) is 2. The molecule has 0 aromatic carbocycles. The number of hydrogen-bond acceptors (Lipinski definition) is 30. The van der Waals surface area contributed by atoms with Gasteiger partial charge in [0.25, 0.3) is 5.79 Å². The van der Waals surface area contributed by atoms with Crippen molar-refractivity contribution < 1.29 is 149 Å². The number of nitrogens with two attached hydrogens (primary N) is 1. The summed E-state index contributed by atoms with van der Waals surface area (Å²) in [6.45, 7) is -1.77. The number of aliphatic hydroxyl groups excluding tert-OH is 16. The van der Waals surface area contributed by atoms with Crippen LogP contribution in [0.3, 0.4) is 0 Å². The molecule has 5 fully saturated rings. The zero-order valence-electron chi connectivity index (χ0n) is 50.7. The summed E-state index contributed by atoms with van der Waals surface area (Å²) in [6.07, 6.45) is -32.9. The molecule has 0 aromatic heterocycles. The normalized spacial score (nSPS) is 39.1. The number of carbonyl (C=O) groups is 3. The maximum Gasteiger partial charge on any atom is 0.364 e. The number of ether oxygens (including phenoxy) is 10. The Morgan fingerprint density at radius 1 is 0.584 bits per heavy atom. The van der Waals surface area contributed by atoms with Crippen molar-refractivity contribution in [3.63, 3.8) is 0 Å². The van der Waals surface area contributed by atoms with Crippen molar-refractivity contribution in [3.8, 4) is 0 Å². The second-order valence-corrected chi connectivity index (χ2v) is 23.1. The van der Waals surface area contributed by atoms with Crippen LogP contribution in [0.5, 0.6) is 0 Å². The number of aliphatic hydroxyl groups is 16. The van der Waals surface area contributed by atoms with Crippen molar-refractivity contribution in [1.82, 2.24) is 10.6 Å². The first-order valence-electron chi connectivity index (χ1n) is 30.1. The Hall–Kier alpha value is -1.29. The van der Waals surface area contributed by atoms with E-state index in [1.165, 1.54) is 51.0 Å². The third-order valence-electron chi connectivity index (χ3n) is 16.3. The molecule has 5 aliphatic heterocycles. The molecule has 34 heteroatoms. The van der Waals surface area contributed by atoms with Gasteiger partial charge in [-0.1, -0.05) is 83.3 Å². The van der Waals surface area contributed by atoms with Gasteiger partial charge in [-0.2, -0.15) is 0 Å². The van der Waals surface area contributed by atoms with Gasteiger partial charge < -0.3 is 151 Å². The van der Waals surface area contributed by atoms with Crippen LogP contribution in [-0.4, -0.2) is 367 Å². The van der Waals surface area contributed by atoms with Crippen molar-refractivity contribution >= 4 is 69.2 Å². The van der Waals surface area contributed by atoms with Crippen LogP contribution in [0.4, 0.5) is 0 Å². The van der Waals surface area contributed by atoms with Crippen LogP contribution in [-0.2, 0) is 61.8 Å². The van der Waals surface area contributed by atoms with E-state index in [4.69, 9.17) is 53.1 Å². The van der Waals surface area contributed by atoms with Gasteiger partial charge in [-0.25, -0.2) is 4.79 Å². The van der Waals surface area contributed by atoms with Gasteiger partial charge in [0.1, 0.15) is 116 Å². The predicted molar refractivity (Wildman–Crippen MR) is 301 cm³/mol. The van der Waals surface area contributed by atoms with Crippen LogP contribution in [0.2, 0.25) is 0 Å². The van der Waals surface area contributed by atoms with Crippen LogP contribution < -0.4 is 16.4 Å². The molecule has 0 bridgehead atoms. The van der Waals surface area contributed by atoms with Crippen LogP contribution >= 0.6 is 0 Å². The van der Waals surface area contributed by atoms with Gasteiger partial charge in [-0.15, -0.1) is 0 Å². The first kappa shape index (κ1) is 80.1. The third kappa shape index (κ3) is 21.6. The van der Waals surface area contributed by atoms with Gasteiger partial charge in [0.15, 0.2) is 25.2 Å². The van der Waals surface area contributed by atoms with E-state index < -0.39 is 235 Å². The zero-order chi connectivity index (χ0) is 65.2. The first-order chi connectivity index (χ1) is 41.8. The Balaban J connectivity index is 0.0000169. The maximum atomic E-state index is 13.6. The fourth-order valence-electron chi connectivity index (χ4n) is 11.3. The monoisotopic (exact) mass is 1320 g/mol. The van der Waals surface area contributed by atoms with Crippen molar-refractivity contribution in [1.29, 1.82) is 0 Å². The van der Waals surface area contributed by atoms with E-state index in [0.717, 1.165) is 39.5 Å². The standard InChI is InChI=1S/C55H97N3O30.K/c1-4-5-6-7-8-9-10-11-12-13-14-15-16-17-28(66)27(56)24-79-51-43(75)41(73)45(33(22-62)82-51)84-53-44(76)49(88-55(54(77)78)18-29(67)35(57-25(2)64)48(87-55)37(69)30(68)19-59)46(34(23-63)83-53)85-50-36(58-26(3)65)47(39(71)32(21-61)80-50)86-52-42(74)40(72)38(70)31(20-60)81-52;/h16-17,27-53,59-63,66-76H,4-15,18-24,56H2,1-3H3,(H,57,64)(H,58,65)(H,77,78);/b17-16+;/t27-,28+,29-,30+,31+,32+,33+,34+,35+,36+,37+,38-,39-,40-,41+,42+,43+,44+,45+,46-,47+,48+,49+,50-,51+,52-,53-,55-;/m0./s1. The molecule has 89 heavy (non-hydrogen) atoms. The molecular formula is C55H97KN3O30. The van der Waals surface area contributed by atoms with E-state index >= 15 is 0 Å². The van der Waals surface area contributed by atoms with Gasteiger partial charge in [0, 0.05) is 71.7 Å². The van der Waals surface area contributed by atoms with Crippen molar-refractivity contribution in [3.05, 3.63) is 12.2 Å². The Labute approximate surface area is 557 Å². The predicted octanol–water partition coefficient (Wildman–Crippen LogP) is -7.84. The number of carboxylic acid groups (broad SMARTS) is 1. The molecule has 0 saturated carbocycles. The SMILES string of the molecule is CCCCCCCCCCCCC/C=C/[C@@H](O)[C@@H](N)CO[C@@H]1O[C@H](CO)[C@@H](O[C@@H]2O[C@H](CO)[C@H](O[C@@H]3O[C@H](CO)[C@H](O)[C@H](O[C@@H]4O[C@H](CO)[C@H](O)[C@H](O)[C@H]4O)[C@H]3NC(C)=O)[C@H](O[C@]3(C(=O)O)C[C@H](O)[C@@H](NC(C)=O)[C@H]([C@H](O)[C@H](O)CO)O3)[C@H]2O)[C@H](O)[C@H]1O.[K]. The summed E-state index contributed by atoms with van der Waals surface area (Å²) >= 11 is 0. The molecule has 1 radical (unpaired) electrons. The van der Waals surface area contributed by atoms with Crippen LogP contribution in [0.15, 0.2) is 12.2 Å². The largest absolute Gasteiger partial charge is 0.477 e. The Bertz CT molecular complexity index is 2100. The Morgan fingerprint density at radius 2 is 1.07 bits per heavy atom. The number of allylic oxidation sites excluding steroid dienone is 1. The van der Waals surface area contributed by atoms with Gasteiger partial charge >= 0.3 is 5.97 Å². The maximum absolute atomic E-state index is 13.6. The first-order valence-corrected chi connectivity index (χ1v) is 30.1. The van der Waals surface area contributed by atoms with E-state index in [-0.39, 0.29) is 51.4 Å². The zero-order valence-corrected chi connectivity index (χ0v) is 53.8. The number of rotatable bonds is 35. The quantitative estimate of drug-likeness (QED) is 0.0159. The third-order valence-corrected chi connectivity index (χ3v) is 16.3. The van der Waals surface area contributed by atoms with E-state index in [0.29, 0.717) is 6.42 Å². The second-order valence-electron chi connectivity index (χ2n) is 23.1. The number of amides is 2. The average Bonchev–Trinajstić information content (AvgIpc) is 1.10. The summed E-state index contributed by atoms with van der Waals surface area (Å²) in [4.78, 5) is 38.9. The molecule has 2 amide bonds. The molecule has 0 spiro atoms. The molecule has 28 atom stereocenters. The number of unbranched alkanes of at least 4 members (excludes halogenated alkanes) is 11. The van der Waals surface area contributed by atoms with Gasteiger partial charge in [0.05, 0.1) is 63.9 Å². The fraction of sp³-hybridized carbons (Fsp3) is 0.909. The minimum Gasteiger partial charge on any atom is -0.477 e. The van der Waals surface area contributed by atoms with Gasteiger partial charge in [-0.3, -0.25) is 9.59 Å². The van der Waals surface area contributed by atoms with Gasteiger partial charge in [-0.05, 0) is 12.8 Å². The molecule has 33 nitrogen and oxygen atoms in total. The summed E-state index contributed by atoms with van der Waals surface area (Å²) in [6, 6.07) is -4.71. The molecule has 21 N–H and O–H groups in total. The van der Waals surface area contributed by atoms with Crippen LogP contribution in [0, 0.1) is 0 Å². The topological polar surface area (TPSA) is 538 Å². The van der Waals surface area contributed by atoms with Crippen molar-refractivity contribution in [2.24, 2.45) is 5.73 Å². The van der Waals surface area contributed by atoms with Gasteiger partial charge in [0.2, 0.25) is 11.8 Å². The summed E-state index contributed by atoms with van der Waals surface area (Å²) in [5.74, 6) is -7.28. The molecular weight excluding hydrogens is 1220 g/mol. The summed E-state index contributed by atoms with van der Waals surface area (Å²) in [5, 5.41) is 190. The number of carboxylic acids is 1. The molecule has 5 aliphatic rings.